The fraction of sp³-hybridized carbons (Fsp3) is 0.125. The van der Waals surface area contributed by atoms with Gasteiger partial charge in [0.05, 0.1) is 16.6 Å². The molecule has 0 amide bonds. The lowest BCUT2D eigenvalue weighted by Gasteiger charge is -2.13. The number of para-hydroxylation sites is 1. The molecule has 0 saturated heterocycles. The van der Waals surface area contributed by atoms with Crippen molar-refractivity contribution in [1.29, 1.82) is 0 Å². The molecule has 0 saturated carbocycles. The van der Waals surface area contributed by atoms with E-state index in [-0.39, 0.29) is 10.8 Å². The first kappa shape index (κ1) is 18.6. The van der Waals surface area contributed by atoms with E-state index in [2.05, 4.69) is 29.3 Å². The lowest BCUT2D eigenvalue weighted by molar-refractivity contribution is 0.921. The number of thioether (sulfide) groups is 1. The smallest absolute Gasteiger partial charge is 0.267 e. The van der Waals surface area contributed by atoms with Gasteiger partial charge in [-0.05, 0) is 43.7 Å². The van der Waals surface area contributed by atoms with E-state index < -0.39 is 0 Å². The zero-order chi connectivity index (χ0) is 20.7. The Morgan fingerprint density at radius 3 is 2.33 bits per heavy atom. The van der Waals surface area contributed by atoms with E-state index in [1.807, 2.05) is 78.1 Å². The average Bonchev–Trinajstić information content (AvgIpc) is 3.19. The molecule has 2 heterocycles. The van der Waals surface area contributed by atoms with Crippen LogP contribution in [0.15, 0.2) is 88.8 Å². The Hall–Kier alpha value is -3.38. The van der Waals surface area contributed by atoms with Gasteiger partial charge >= 0.3 is 0 Å². The zero-order valence-electron chi connectivity index (χ0n) is 16.7. The molecule has 0 aliphatic rings. The van der Waals surface area contributed by atoms with Gasteiger partial charge in [-0.15, -0.1) is 10.2 Å². The first-order valence-corrected chi connectivity index (χ1v) is 10.7. The molecule has 1 unspecified atom stereocenters. The Labute approximate surface area is 178 Å². The minimum absolute atomic E-state index is 0.0954. The van der Waals surface area contributed by atoms with Crippen LogP contribution in [0.1, 0.15) is 23.3 Å². The van der Waals surface area contributed by atoms with Crippen LogP contribution in [-0.4, -0.2) is 19.2 Å². The van der Waals surface area contributed by atoms with E-state index in [0.717, 1.165) is 21.9 Å². The predicted octanol–water partition coefficient (Wildman–Crippen LogP) is 5.20. The molecule has 6 heteroatoms. The number of hydrogen-bond donors (Lipinski definition) is 0. The fourth-order valence-electron chi connectivity index (χ4n) is 3.63. The highest BCUT2D eigenvalue weighted by molar-refractivity contribution is 7.99. The highest BCUT2D eigenvalue weighted by Gasteiger charge is 2.19. The standard InChI is InChI=1S/C24H20N4OS/c1-16-12-14-19(15-13-16)27-22(29)20-10-6-7-11-21(20)28-23(27)25-26-24(28)30-17(2)18-8-4-3-5-9-18/h3-15,17H,1-2H3. The van der Waals surface area contributed by atoms with Crippen molar-refractivity contribution in [1.82, 2.24) is 19.2 Å². The van der Waals surface area contributed by atoms with Gasteiger partial charge in [0.1, 0.15) is 0 Å². The molecule has 2 aromatic heterocycles. The number of benzene rings is 3. The Balaban J connectivity index is 1.75. The lowest BCUT2D eigenvalue weighted by Crippen LogP contribution is -2.21. The van der Waals surface area contributed by atoms with Crippen molar-refractivity contribution in [2.75, 3.05) is 0 Å². The third kappa shape index (κ3) is 3.09. The van der Waals surface area contributed by atoms with Gasteiger partial charge in [-0.1, -0.05) is 71.9 Å². The van der Waals surface area contributed by atoms with Crippen molar-refractivity contribution in [2.45, 2.75) is 24.3 Å². The van der Waals surface area contributed by atoms with Crippen molar-refractivity contribution in [3.63, 3.8) is 0 Å². The van der Waals surface area contributed by atoms with Gasteiger partial charge in [-0.2, -0.15) is 0 Å². The molecule has 3 aromatic carbocycles. The number of aryl methyl sites for hydroxylation is 1. The number of hydrogen-bond acceptors (Lipinski definition) is 4. The molecule has 0 aliphatic heterocycles. The molecule has 0 N–H and O–H groups in total. The summed E-state index contributed by atoms with van der Waals surface area (Å²) in [5.74, 6) is 0.519. The summed E-state index contributed by atoms with van der Waals surface area (Å²) in [6.45, 7) is 4.18. The normalized spacial score (nSPS) is 12.5. The summed E-state index contributed by atoms with van der Waals surface area (Å²) in [6, 6.07) is 25.8. The molecule has 0 aliphatic carbocycles. The molecule has 5 rings (SSSR count). The summed E-state index contributed by atoms with van der Waals surface area (Å²) >= 11 is 1.63. The Bertz CT molecular complexity index is 1400. The van der Waals surface area contributed by atoms with E-state index >= 15 is 0 Å². The summed E-state index contributed by atoms with van der Waals surface area (Å²) in [6.07, 6.45) is 0. The Morgan fingerprint density at radius 1 is 0.867 bits per heavy atom. The minimum Gasteiger partial charge on any atom is -0.268 e. The second-order valence-corrected chi connectivity index (χ2v) is 8.59. The summed E-state index contributed by atoms with van der Waals surface area (Å²) < 4.78 is 3.63. The molecule has 1 atom stereocenters. The van der Waals surface area contributed by atoms with Gasteiger partial charge in [0, 0.05) is 5.25 Å². The van der Waals surface area contributed by atoms with Gasteiger partial charge in [-0.25, -0.2) is 4.57 Å². The molecule has 0 bridgehead atoms. The van der Waals surface area contributed by atoms with E-state index in [4.69, 9.17) is 0 Å². The lowest BCUT2D eigenvalue weighted by atomic mass is 10.2. The van der Waals surface area contributed by atoms with E-state index in [0.29, 0.717) is 11.2 Å². The predicted molar refractivity (Wildman–Crippen MR) is 122 cm³/mol. The molecule has 148 valence electrons. The number of nitrogens with zero attached hydrogens (tertiary/aromatic N) is 4. The van der Waals surface area contributed by atoms with Gasteiger partial charge in [0.15, 0.2) is 5.16 Å². The highest BCUT2D eigenvalue weighted by atomic mass is 32.2. The fourth-order valence-corrected chi connectivity index (χ4v) is 4.61. The van der Waals surface area contributed by atoms with Crippen LogP contribution in [0.25, 0.3) is 22.4 Å². The van der Waals surface area contributed by atoms with Crippen LogP contribution in [-0.2, 0) is 0 Å². The van der Waals surface area contributed by atoms with Crippen LogP contribution < -0.4 is 5.56 Å². The second kappa shape index (κ2) is 7.46. The van der Waals surface area contributed by atoms with E-state index in [9.17, 15) is 4.79 Å². The van der Waals surface area contributed by atoms with Gasteiger partial charge in [-0.3, -0.25) is 9.20 Å². The monoisotopic (exact) mass is 412 g/mol. The molecular formula is C24H20N4OS. The maximum absolute atomic E-state index is 13.4. The Morgan fingerprint density at radius 2 is 1.57 bits per heavy atom. The van der Waals surface area contributed by atoms with Crippen LogP contribution in [0, 0.1) is 6.92 Å². The van der Waals surface area contributed by atoms with E-state index in [1.165, 1.54) is 5.56 Å². The van der Waals surface area contributed by atoms with Crippen LogP contribution in [0.3, 0.4) is 0 Å². The third-order valence-electron chi connectivity index (χ3n) is 5.24. The molecular weight excluding hydrogens is 392 g/mol. The molecule has 5 nitrogen and oxygen atoms in total. The maximum atomic E-state index is 13.4. The molecule has 5 aromatic rings. The molecule has 0 fully saturated rings. The molecule has 30 heavy (non-hydrogen) atoms. The van der Waals surface area contributed by atoms with Crippen LogP contribution in [0.5, 0.6) is 0 Å². The average molecular weight is 413 g/mol. The number of aromatic nitrogens is 4. The first-order valence-electron chi connectivity index (χ1n) is 9.81. The topological polar surface area (TPSA) is 52.2 Å². The molecule has 0 spiro atoms. The number of fused-ring (bicyclic) bond motifs is 3. The Kier molecular flexibility index (Phi) is 4.64. The van der Waals surface area contributed by atoms with Crippen molar-refractivity contribution in [3.8, 4) is 5.69 Å². The van der Waals surface area contributed by atoms with Crippen LogP contribution in [0.4, 0.5) is 0 Å². The van der Waals surface area contributed by atoms with Crippen molar-refractivity contribution < 1.29 is 0 Å². The number of rotatable bonds is 4. The largest absolute Gasteiger partial charge is 0.268 e. The van der Waals surface area contributed by atoms with Crippen LogP contribution in [0.2, 0.25) is 0 Å². The first-order chi connectivity index (χ1) is 14.6. The molecule has 0 radical (unpaired) electrons. The summed E-state index contributed by atoms with van der Waals surface area (Å²) in [7, 11) is 0. The van der Waals surface area contributed by atoms with Gasteiger partial charge < -0.3 is 0 Å². The summed E-state index contributed by atoms with van der Waals surface area (Å²) in [5, 5.41) is 10.5. The van der Waals surface area contributed by atoms with Crippen molar-refractivity contribution in [3.05, 3.63) is 100 Å². The second-order valence-electron chi connectivity index (χ2n) is 7.28. The van der Waals surface area contributed by atoms with E-state index in [1.54, 1.807) is 16.3 Å². The van der Waals surface area contributed by atoms with Crippen LogP contribution >= 0.6 is 11.8 Å². The summed E-state index contributed by atoms with van der Waals surface area (Å²) in [4.78, 5) is 13.4. The maximum Gasteiger partial charge on any atom is 0.267 e. The summed E-state index contributed by atoms with van der Waals surface area (Å²) in [5.41, 5.74) is 3.85. The zero-order valence-corrected chi connectivity index (χ0v) is 17.5. The van der Waals surface area contributed by atoms with Crippen molar-refractivity contribution >= 4 is 28.4 Å². The van der Waals surface area contributed by atoms with Gasteiger partial charge in [0.2, 0.25) is 5.78 Å². The SMILES string of the molecule is Cc1ccc(-n2c(=O)c3ccccc3n3c(SC(C)c4ccccc4)nnc23)cc1. The van der Waals surface area contributed by atoms with Crippen molar-refractivity contribution in [2.24, 2.45) is 0 Å². The quantitative estimate of drug-likeness (QED) is 0.381. The highest BCUT2D eigenvalue weighted by Crippen LogP contribution is 2.34. The third-order valence-corrected chi connectivity index (χ3v) is 6.34. The minimum atomic E-state index is -0.0954. The van der Waals surface area contributed by atoms with Gasteiger partial charge in [0.25, 0.3) is 5.56 Å².